The van der Waals surface area contributed by atoms with Gasteiger partial charge >= 0.3 is 17.9 Å². The Bertz CT molecular complexity index is 2190. The summed E-state index contributed by atoms with van der Waals surface area (Å²) in [5.74, 6) is -14.5. The van der Waals surface area contributed by atoms with Gasteiger partial charge in [0, 0.05) is 6.42 Å². The summed E-state index contributed by atoms with van der Waals surface area (Å²) in [7, 11) is 0. The molecule has 0 fully saturated rings. The Morgan fingerprint density at radius 2 is 0.726 bits per heavy atom. The zero-order valence-electron chi connectivity index (χ0n) is 49.7. The molecule has 0 saturated carbocycles. The van der Waals surface area contributed by atoms with Crippen LogP contribution in [0.3, 0.4) is 0 Å². The number of amides is 10. The second-order valence-electron chi connectivity index (χ2n) is 21.9. The fraction of sp³-hybridized carbons (Fsp3) is 0.755. The lowest BCUT2D eigenvalue weighted by molar-refractivity contribution is -0.143. The highest BCUT2D eigenvalue weighted by molar-refractivity contribution is 5.99. The van der Waals surface area contributed by atoms with E-state index in [-0.39, 0.29) is 57.0 Å². The van der Waals surface area contributed by atoms with Crippen LogP contribution >= 0.6 is 0 Å². The van der Waals surface area contributed by atoms with Crippen molar-refractivity contribution in [3.8, 4) is 0 Å². The Morgan fingerprint density at radius 1 is 0.369 bits per heavy atom. The molecule has 22 N–H and O–H groups in total. The van der Waals surface area contributed by atoms with Gasteiger partial charge < -0.3 is 96.5 Å². The van der Waals surface area contributed by atoms with E-state index in [4.69, 9.17) is 22.9 Å². The molecule has 0 rings (SSSR count). The number of aliphatic hydroxyl groups excluding tert-OH is 1. The normalized spacial score (nSPS) is 15.2. The number of aliphatic hydroxyl groups is 1. The van der Waals surface area contributed by atoms with Gasteiger partial charge in [-0.15, -0.1) is 0 Å². The standard InChI is InChI=1S/C53H96N14O17/c1-27(2)23-36(50(80)60-34(17-11-14-22-56)47(77)61-35(18-19-40(69)70)48(78)65-38(53(83)84)24-28(3)4)63-43(73)30(7)58-46(76)33(16-10-13-21-55)62-52(82)42(29(5)6)67-44(74)31(8)59-49(79)37(25-41(71)72)64-51(81)39(26-68)66-45(75)32(57)15-9-12-20-54/h27-39,42,68H,9-26,54-57H2,1-8H3,(H,58,76)(H,59,79)(H,60,80)(H,61,77)(H,62,82)(H,63,73)(H,64,81)(H,65,78)(H,66,75)(H,67,74)(H,69,70)(H,71,72)(H,83,84)/t30-,31-,32-,33-,34-,35-,36-,37-,38-,39-,42-/m0/s1. The molecule has 0 aromatic heterocycles. The maximum Gasteiger partial charge on any atom is 0.326 e. The van der Waals surface area contributed by atoms with E-state index < -0.39 is 175 Å². The Hall–Kier alpha value is -7.09. The number of aliphatic carboxylic acids is 3. The van der Waals surface area contributed by atoms with E-state index in [9.17, 15) is 82.8 Å². The second-order valence-corrected chi connectivity index (χ2v) is 21.9. The average Bonchev–Trinajstić information content (AvgIpc) is 3.63. The van der Waals surface area contributed by atoms with Gasteiger partial charge in [-0.05, 0) is 122 Å². The number of hydrogen-bond acceptors (Lipinski definition) is 18. The molecule has 11 atom stereocenters. The fourth-order valence-electron chi connectivity index (χ4n) is 8.17. The van der Waals surface area contributed by atoms with Gasteiger partial charge in [0.05, 0.1) is 19.1 Å². The summed E-state index contributed by atoms with van der Waals surface area (Å²) in [5, 5.41) is 62.8. The van der Waals surface area contributed by atoms with Crippen LogP contribution < -0.4 is 76.1 Å². The minimum atomic E-state index is -1.82. The van der Waals surface area contributed by atoms with Gasteiger partial charge in [0.2, 0.25) is 59.1 Å². The van der Waals surface area contributed by atoms with Crippen molar-refractivity contribution in [1.29, 1.82) is 0 Å². The Kier molecular flexibility index (Phi) is 37.6. The van der Waals surface area contributed by atoms with E-state index in [1.165, 1.54) is 13.8 Å². The van der Waals surface area contributed by atoms with E-state index in [1.54, 1.807) is 41.5 Å². The summed E-state index contributed by atoms with van der Waals surface area (Å²) in [6.45, 7) is 12.5. The van der Waals surface area contributed by atoms with E-state index in [1.807, 2.05) is 0 Å². The maximum atomic E-state index is 14.0. The van der Waals surface area contributed by atoms with Gasteiger partial charge in [-0.1, -0.05) is 48.0 Å². The molecule has 0 saturated heterocycles. The molecule has 0 heterocycles. The van der Waals surface area contributed by atoms with Crippen molar-refractivity contribution in [3.05, 3.63) is 0 Å². The molecule has 31 heteroatoms. The molecule has 31 nitrogen and oxygen atoms in total. The number of unbranched alkanes of at least 4 members (excludes halogenated alkanes) is 3. The van der Waals surface area contributed by atoms with Gasteiger partial charge in [0.15, 0.2) is 0 Å². The minimum absolute atomic E-state index is 0.00364. The molecule has 0 unspecified atom stereocenters. The van der Waals surface area contributed by atoms with E-state index in [2.05, 4.69) is 53.2 Å². The smallest absolute Gasteiger partial charge is 0.326 e. The number of nitrogens with two attached hydrogens (primary N) is 4. The van der Waals surface area contributed by atoms with Crippen LogP contribution in [0.15, 0.2) is 0 Å². The summed E-state index contributed by atoms with van der Waals surface area (Å²) in [5.41, 5.74) is 22.7. The van der Waals surface area contributed by atoms with Crippen LogP contribution in [0, 0.1) is 17.8 Å². The molecule has 10 amide bonds. The van der Waals surface area contributed by atoms with Crippen molar-refractivity contribution in [3.63, 3.8) is 0 Å². The molecule has 480 valence electrons. The summed E-state index contributed by atoms with van der Waals surface area (Å²) in [4.78, 5) is 171. The molecule has 0 aromatic carbocycles. The van der Waals surface area contributed by atoms with E-state index in [0.29, 0.717) is 45.1 Å². The zero-order valence-corrected chi connectivity index (χ0v) is 49.7. The van der Waals surface area contributed by atoms with Crippen LogP contribution in [0.5, 0.6) is 0 Å². The number of nitrogens with one attached hydrogen (secondary N) is 10. The van der Waals surface area contributed by atoms with Crippen LogP contribution in [-0.2, 0) is 62.3 Å². The van der Waals surface area contributed by atoms with Gasteiger partial charge in [-0.3, -0.25) is 57.5 Å². The first-order valence-electron chi connectivity index (χ1n) is 28.5. The third-order valence-corrected chi connectivity index (χ3v) is 13.0. The first-order chi connectivity index (χ1) is 39.3. The lowest BCUT2D eigenvalue weighted by Crippen LogP contribution is -2.61. The van der Waals surface area contributed by atoms with Gasteiger partial charge in [0.1, 0.15) is 60.4 Å². The number of carbonyl (C=O) groups excluding carboxylic acids is 10. The highest BCUT2D eigenvalue weighted by Crippen LogP contribution is 2.13. The maximum absolute atomic E-state index is 14.0. The minimum Gasteiger partial charge on any atom is -0.481 e. The van der Waals surface area contributed by atoms with Crippen molar-refractivity contribution >= 4 is 77.0 Å². The van der Waals surface area contributed by atoms with E-state index >= 15 is 0 Å². The summed E-state index contributed by atoms with van der Waals surface area (Å²) in [6, 6.07) is -15.6. The molecule has 0 aliphatic carbocycles. The summed E-state index contributed by atoms with van der Waals surface area (Å²) < 4.78 is 0. The summed E-state index contributed by atoms with van der Waals surface area (Å²) in [6.07, 6.45) is 0.761. The van der Waals surface area contributed by atoms with Gasteiger partial charge in [-0.2, -0.15) is 0 Å². The van der Waals surface area contributed by atoms with Crippen molar-refractivity contribution in [2.45, 2.75) is 212 Å². The Labute approximate surface area is 490 Å². The zero-order chi connectivity index (χ0) is 64.4. The lowest BCUT2D eigenvalue weighted by Gasteiger charge is -2.28. The monoisotopic (exact) mass is 1200 g/mol. The second kappa shape index (κ2) is 41.0. The molecular weight excluding hydrogens is 1100 g/mol. The quantitative estimate of drug-likeness (QED) is 0.0257. The highest BCUT2D eigenvalue weighted by Gasteiger charge is 2.36. The average molecular weight is 1200 g/mol. The Morgan fingerprint density at radius 3 is 1.15 bits per heavy atom. The largest absolute Gasteiger partial charge is 0.481 e. The van der Waals surface area contributed by atoms with Crippen LogP contribution in [0.1, 0.15) is 145 Å². The van der Waals surface area contributed by atoms with Crippen molar-refractivity contribution in [2.24, 2.45) is 40.7 Å². The highest BCUT2D eigenvalue weighted by atomic mass is 16.4. The number of rotatable bonds is 44. The van der Waals surface area contributed by atoms with Crippen LogP contribution in [0.4, 0.5) is 0 Å². The number of carboxylic acid groups (broad SMARTS) is 3. The lowest BCUT2D eigenvalue weighted by atomic mass is 10.0. The number of hydrogen-bond donors (Lipinski definition) is 18. The molecule has 0 aliphatic heterocycles. The predicted molar refractivity (Wildman–Crippen MR) is 305 cm³/mol. The molecule has 0 radical (unpaired) electrons. The first kappa shape index (κ1) is 76.9. The molecule has 84 heavy (non-hydrogen) atoms. The third-order valence-electron chi connectivity index (χ3n) is 13.0. The molecule has 0 spiro atoms. The molecule has 0 bridgehead atoms. The summed E-state index contributed by atoms with van der Waals surface area (Å²) >= 11 is 0. The third kappa shape index (κ3) is 31.0. The van der Waals surface area contributed by atoms with Crippen molar-refractivity contribution in [1.82, 2.24) is 53.2 Å². The predicted octanol–water partition coefficient (Wildman–Crippen LogP) is -4.25. The van der Waals surface area contributed by atoms with Gasteiger partial charge in [-0.25, -0.2) is 4.79 Å². The number of carboxylic acids is 3. The number of carbonyl (C=O) groups is 13. The van der Waals surface area contributed by atoms with Crippen LogP contribution in [-0.4, -0.2) is 190 Å². The fourth-order valence-corrected chi connectivity index (χ4v) is 8.17. The van der Waals surface area contributed by atoms with E-state index in [0.717, 1.165) is 0 Å². The van der Waals surface area contributed by atoms with Crippen molar-refractivity contribution < 1.29 is 82.8 Å². The molecule has 0 aromatic rings. The van der Waals surface area contributed by atoms with Gasteiger partial charge in [0.25, 0.3) is 0 Å². The SMILES string of the molecule is CC(C)C[C@H](NC(=O)[C@H](CCC(=O)O)NC(=O)[C@H](CCCCN)NC(=O)[C@H](CC(C)C)NC(=O)[C@H](C)NC(=O)[C@H](CCCCN)NC(=O)[C@@H](NC(=O)[C@H](C)NC(=O)[C@H](CC(=O)O)NC(=O)[C@H](CO)NC(=O)[C@@H](N)CCCCN)C(C)C)C(=O)O. The van der Waals surface area contributed by atoms with Crippen LogP contribution in [0.25, 0.3) is 0 Å². The molecule has 0 aliphatic rings. The first-order valence-corrected chi connectivity index (χ1v) is 28.5. The van der Waals surface area contributed by atoms with Crippen LogP contribution in [0.2, 0.25) is 0 Å². The topological polar surface area (TPSA) is 527 Å². The Balaban J connectivity index is 6.37. The van der Waals surface area contributed by atoms with Crippen molar-refractivity contribution in [2.75, 3.05) is 26.2 Å². The molecular formula is C53H96N14O17.